The van der Waals surface area contributed by atoms with Crippen molar-refractivity contribution in [2.45, 2.75) is 20.3 Å². The molecule has 138 valence electrons. The summed E-state index contributed by atoms with van der Waals surface area (Å²) in [6.45, 7) is 3.68. The molecule has 0 amide bonds. The maximum Gasteiger partial charge on any atom is 0.337 e. The molecule has 0 saturated heterocycles. The van der Waals surface area contributed by atoms with Gasteiger partial charge in [0, 0.05) is 12.6 Å². The predicted molar refractivity (Wildman–Crippen MR) is 102 cm³/mol. The minimum atomic E-state index is -1.06. The Balaban J connectivity index is 2.00. The summed E-state index contributed by atoms with van der Waals surface area (Å²) in [7, 11) is 1.59. The number of methoxy groups -OCH3 is 1. The monoisotopic (exact) mass is 365 g/mol. The quantitative estimate of drug-likeness (QED) is 0.705. The maximum absolute atomic E-state index is 14.8. The zero-order valence-corrected chi connectivity index (χ0v) is 15.4. The Hall–Kier alpha value is -3.21. The summed E-state index contributed by atoms with van der Waals surface area (Å²) in [4.78, 5) is 15.7. The van der Waals surface area contributed by atoms with E-state index in [1.807, 2.05) is 31.2 Å². The highest BCUT2D eigenvalue weighted by Gasteiger charge is 2.16. The van der Waals surface area contributed by atoms with Crippen LogP contribution in [0.2, 0.25) is 0 Å². The van der Waals surface area contributed by atoms with Crippen molar-refractivity contribution in [1.29, 1.82) is 0 Å². The SMILES string of the molecule is COc1cccc(-c2cc(F)c(Cc3ncc(C)cc3C(=O)O)cc2C)c1. The zero-order chi connectivity index (χ0) is 19.6. The van der Waals surface area contributed by atoms with Crippen molar-refractivity contribution in [2.75, 3.05) is 7.11 Å². The number of halogens is 1. The summed E-state index contributed by atoms with van der Waals surface area (Å²) in [6.07, 6.45) is 1.71. The number of rotatable bonds is 5. The van der Waals surface area contributed by atoms with E-state index in [1.54, 1.807) is 32.4 Å². The number of aromatic nitrogens is 1. The molecule has 1 N–H and O–H groups in total. The number of benzene rings is 2. The van der Waals surface area contributed by atoms with Crippen LogP contribution >= 0.6 is 0 Å². The fourth-order valence-corrected chi connectivity index (χ4v) is 3.08. The molecule has 2 aromatic carbocycles. The molecule has 27 heavy (non-hydrogen) atoms. The van der Waals surface area contributed by atoms with Crippen LogP contribution in [0.5, 0.6) is 5.75 Å². The molecule has 0 aliphatic heterocycles. The molecule has 1 heterocycles. The van der Waals surface area contributed by atoms with Crippen LogP contribution in [0.3, 0.4) is 0 Å². The van der Waals surface area contributed by atoms with Gasteiger partial charge in [0.2, 0.25) is 0 Å². The molecule has 0 radical (unpaired) electrons. The number of aryl methyl sites for hydroxylation is 2. The molecule has 0 bridgehead atoms. The van der Waals surface area contributed by atoms with Crippen LogP contribution in [0.1, 0.15) is 32.7 Å². The van der Waals surface area contributed by atoms with Gasteiger partial charge in [0.05, 0.1) is 18.4 Å². The molecular weight excluding hydrogens is 345 g/mol. The Morgan fingerprint density at radius 1 is 1.19 bits per heavy atom. The fourth-order valence-electron chi connectivity index (χ4n) is 3.08. The molecule has 3 aromatic rings. The Labute approximate surface area is 157 Å². The van der Waals surface area contributed by atoms with Crippen molar-refractivity contribution >= 4 is 5.97 Å². The summed E-state index contributed by atoms with van der Waals surface area (Å²) >= 11 is 0. The first kappa shape index (κ1) is 18.6. The second-order valence-electron chi connectivity index (χ2n) is 6.48. The third kappa shape index (κ3) is 3.97. The van der Waals surface area contributed by atoms with Gasteiger partial charge in [0.15, 0.2) is 0 Å². The molecule has 3 rings (SSSR count). The molecule has 0 spiro atoms. The molecule has 0 saturated carbocycles. The highest BCUT2D eigenvalue weighted by molar-refractivity contribution is 5.89. The standard InChI is InChI=1S/C22H20FNO3/c1-13-7-19(22(25)26)21(24-12-13)10-16-8-14(2)18(11-20(16)23)15-5-4-6-17(9-15)27-3/h4-9,11-12H,10H2,1-3H3,(H,25,26). The van der Waals surface area contributed by atoms with Crippen molar-refractivity contribution in [3.05, 3.63) is 82.4 Å². The van der Waals surface area contributed by atoms with Gasteiger partial charge in [-0.05, 0) is 65.9 Å². The Morgan fingerprint density at radius 2 is 1.96 bits per heavy atom. The van der Waals surface area contributed by atoms with E-state index >= 15 is 0 Å². The average molecular weight is 365 g/mol. The first-order valence-electron chi connectivity index (χ1n) is 8.51. The number of hydrogen-bond acceptors (Lipinski definition) is 3. The molecule has 0 aliphatic carbocycles. The van der Waals surface area contributed by atoms with Gasteiger partial charge in [-0.3, -0.25) is 4.98 Å². The molecular formula is C22H20FNO3. The predicted octanol–water partition coefficient (Wildman–Crippen LogP) is 4.80. The lowest BCUT2D eigenvalue weighted by molar-refractivity contribution is 0.0695. The number of carboxylic acid groups (broad SMARTS) is 1. The lowest BCUT2D eigenvalue weighted by Gasteiger charge is -2.12. The molecule has 0 unspecified atom stereocenters. The van der Waals surface area contributed by atoms with E-state index in [0.29, 0.717) is 17.0 Å². The Morgan fingerprint density at radius 3 is 2.67 bits per heavy atom. The Kier molecular flexibility index (Phi) is 5.21. The molecule has 5 heteroatoms. The topological polar surface area (TPSA) is 59.4 Å². The number of carboxylic acids is 1. The van der Waals surface area contributed by atoms with Crippen molar-refractivity contribution < 1.29 is 19.0 Å². The van der Waals surface area contributed by atoms with Crippen molar-refractivity contribution in [3.63, 3.8) is 0 Å². The minimum absolute atomic E-state index is 0.101. The number of nitrogens with zero attached hydrogens (tertiary/aromatic N) is 1. The summed E-state index contributed by atoms with van der Waals surface area (Å²) in [6, 6.07) is 12.2. The largest absolute Gasteiger partial charge is 0.497 e. The van der Waals surface area contributed by atoms with Crippen LogP contribution in [-0.2, 0) is 6.42 Å². The maximum atomic E-state index is 14.8. The number of aromatic carboxylic acids is 1. The fraction of sp³-hybridized carbons (Fsp3) is 0.182. The van der Waals surface area contributed by atoms with Gasteiger partial charge in [-0.25, -0.2) is 9.18 Å². The van der Waals surface area contributed by atoms with E-state index < -0.39 is 11.8 Å². The minimum Gasteiger partial charge on any atom is -0.497 e. The van der Waals surface area contributed by atoms with Crippen LogP contribution in [0, 0.1) is 19.7 Å². The van der Waals surface area contributed by atoms with Gasteiger partial charge >= 0.3 is 5.97 Å². The summed E-state index contributed by atoms with van der Waals surface area (Å²) in [5, 5.41) is 9.39. The third-order valence-corrected chi connectivity index (χ3v) is 4.47. The highest BCUT2D eigenvalue weighted by Crippen LogP contribution is 2.29. The number of hydrogen-bond donors (Lipinski definition) is 1. The lowest BCUT2D eigenvalue weighted by atomic mass is 9.95. The summed E-state index contributed by atoms with van der Waals surface area (Å²) in [5.74, 6) is -0.755. The Bertz CT molecular complexity index is 1010. The van der Waals surface area contributed by atoms with Gasteiger partial charge in [0.25, 0.3) is 0 Å². The second-order valence-corrected chi connectivity index (χ2v) is 6.48. The van der Waals surface area contributed by atoms with Crippen LogP contribution < -0.4 is 4.74 Å². The molecule has 0 fully saturated rings. The lowest BCUT2D eigenvalue weighted by Crippen LogP contribution is -2.07. The zero-order valence-electron chi connectivity index (χ0n) is 15.4. The van der Waals surface area contributed by atoms with E-state index in [9.17, 15) is 14.3 Å². The number of carbonyl (C=O) groups is 1. The van der Waals surface area contributed by atoms with E-state index in [-0.39, 0.29) is 12.0 Å². The molecule has 1 aromatic heterocycles. The summed E-state index contributed by atoms with van der Waals surface area (Å²) < 4.78 is 20.0. The van der Waals surface area contributed by atoms with Gasteiger partial charge < -0.3 is 9.84 Å². The summed E-state index contributed by atoms with van der Waals surface area (Å²) in [5.41, 5.74) is 4.13. The van der Waals surface area contributed by atoms with Gasteiger partial charge in [-0.1, -0.05) is 18.2 Å². The molecule has 0 aliphatic rings. The van der Waals surface area contributed by atoms with E-state index in [0.717, 1.165) is 22.3 Å². The smallest absolute Gasteiger partial charge is 0.337 e. The van der Waals surface area contributed by atoms with E-state index in [4.69, 9.17) is 4.74 Å². The average Bonchev–Trinajstić information content (AvgIpc) is 2.65. The van der Waals surface area contributed by atoms with Gasteiger partial charge in [0.1, 0.15) is 11.6 Å². The van der Waals surface area contributed by atoms with E-state index in [1.165, 1.54) is 6.07 Å². The van der Waals surface area contributed by atoms with Crippen LogP contribution in [-0.4, -0.2) is 23.2 Å². The molecule has 4 nitrogen and oxygen atoms in total. The van der Waals surface area contributed by atoms with Crippen molar-refractivity contribution in [1.82, 2.24) is 4.98 Å². The van der Waals surface area contributed by atoms with Gasteiger partial charge in [-0.15, -0.1) is 0 Å². The second kappa shape index (κ2) is 7.58. The van der Waals surface area contributed by atoms with E-state index in [2.05, 4.69) is 4.98 Å². The van der Waals surface area contributed by atoms with Crippen LogP contribution in [0.15, 0.2) is 48.7 Å². The first-order chi connectivity index (χ1) is 12.9. The number of ether oxygens (including phenoxy) is 1. The highest BCUT2D eigenvalue weighted by atomic mass is 19.1. The van der Waals surface area contributed by atoms with Gasteiger partial charge in [-0.2, -0.15) is 0 Å². The normalized spacial score (nSPS) is 10.7. The molecule has 0 atom stereocenters. The van der Waals surface area contributed by atoms with Crippen molar-refractivity contribution in [3.8, 4) is 16.9 Å². The van der Waals surface area contributed by atoms with Crippen LogP contribution in [0.4, 0.5) is 4.39 Å². The van der Waals surface area contributed by atoms with Crippen LogP contribution in [0.25, 0.3) is 11.1 Å². The third-order valence-electron chi connectivity index (χ3n) is 4.47. The first-order valence-corrected chi connectivity index (χ1v) is 8.51. The number of pyridine rings is 1. The van der Waals surface area contributed by atoms with Crippen molar-refractivity contribution in [2.24, 2.45) is 0 Å².